The molecule has 0 spiro atoms. The number of methoxy groups -OCH3 is 2. The highest BCUT2D eigenvalue weighted by Gasteiger charge is 2.43. The highest BCUT2D eigenvalue weighted by Crippen LogP contribution is 2.37. The minimum Gasteiger partial charge on any atom is -0.481 e. The average molecular weight is 649 g/mol. The molecule has 3 aromatic rings. The molecule has 2 atom stereocenters. The highest BCUT2D eigenvalue weighted by molar-refractivity contribution is 5.85. The van der Waals surface area contributed by atoms with E-state index in [1.54, 1.807) is 12.0 Å². The lowest BCUT2D eigenvalue weighted by molar-refractivity contribution is -0.139. The maximum Gasteiger partial charge on any atom is 0.322 e. The number of ether oxygens (including phenoxy) is 3. The van der Waals surface area contributed by atoms with Crippen LogP contribution in [0.5, 0.6) is 17.8 Å². The Morgan fingerprint density at radius 3 is 2.05 bits per heavy atom. The largest absolute Gasteiger partial charge is 0.481 e. The van der Waals surface area contributed by atoms with Gasteiger partial charge in [0.1, 0.15) is 6.61 Å². The van der Waals surface area contributed by atoms with Crippen LogP contribution in [0.2, 0.25) is 0 Å². The fourth-order valence-corrected chi connectivity index (χ4v) is 6.29. The van der Waals surface area contributed by atoms with Gasteiger partial charge in [0, 0.05) is 57.3 Å². The van der Waals surface area contributed by atoms with E-state index >= 15 is 0 Å². The standard InChI is InChI=1S/C32H41N5O5.2ClH/c1-22(2)42-31-26(30(40-3)33-32(34-31)41-4)19-35-17-25-18-36(28(39)21-38)15-16-37(25)27(20-35)29(23-11-7-5-8-12-23)24-13-9-6-10-14-24;;/h5-14,22,25,27,29,38H,15-21H2,1-4H3;2*1H/t25-,27+;;/m1../s1. The van der Waals surface area contributed by atoms with Crippen molar-refractivity contribution in [3.8, 4) is 17.8 Å². The van der Waals surface area contributed by atoms with E-state index in [-0.39, 0.29) is 60.8 Å². The van der Waals surface area contributed by atoms with Crippen LogP contribution in [0.25, 0.3) is 0 Å². The molecule has 0 saturated carbocycles. The molecule has 10 nitrogen and oxygen atoms in total. The quantitative estimate of drug-likeness (QED) is 0.353. The molecule has 240 valence electrons. The number of carbonyl (C=O) groups is 1. The van der Waals surface area contributed by atoms with Gasteiger partial charge in [-0.25, -0.2) is 0 Å². The van der Waals surface area contributed by atoms with Crippen molar-refractivity contribution < 1.29 is 24.1 Å². The predicted molar refractivity (Wildman–Crippen MR) is 173 cm³/mol. The van der Waals surface area contributed by atoms with Crippen molar-refractivity contribution >= 4 is 30.7 Å². The summed E-state index contributed by atoms with van der Waals surface area (Å²) in [6, 6.07) is 21.7. The number of rotatable bonds is 10. The Hall–Kier alpha value is -3.15. The monoisotopic (exact) mass is 647 g/mol. The minimum atomic E-state index is -0.479. The van der Waals surface area contributed by atoms with E-state index in [9.17, 15) is 9.90 Å². The molecule has 0 radical (unpaired) electrons. The summed E-state index contributed by atoms with van der Waals surface area (Å²) in [5.74, 6) is 0.734. The van der Waals surface area contributed by atoms with Crippen LogP contribution in [-0.4, -0.2) is 107 Å². The molecular weight excluding hydrogens is 605 g/mol. The molecule has 44 heavy (non-hydrogen) atoms. The number of hydrogen-bond acceptors (Lipinski definition) is 9. The number of aliphatic hydroxyl groups is 1. The van der Waals surface area contributed by atoms with Gasteiger partial charge in [-0.2, -0.15) is 9.97 Å². The Labute approximate surface area is 272 Å². The maximum absolute atomic E-state index is 12.5. The van der Waals surface area contributed by atoms with Crippen LogP contribution in [0.1, 0.15) is 36.5 Å². The highest BCUT2D eigenvalue weighted by atomic mass is 35.5. The number of aromatic nitrogens is 2. The number of hydrogen-bond donors (Lipinski definition) is 1. The molecule has 1 amide bonds. The number of halogens is 2. The number of fused-ring (bicyclic) bond motifs is 1. The van der Waals surface area contributed by atoms with E-state index in [1.807, 2.05) is 26.0 Å². The van der Waals surface area contributed by atoms with Gasteiger partial charge in [0.05, 0.1) is 25.9 Å². The van der Waals surface area contributed by atoms with Gasteiger partial charge < -0.3 is 24.2 Å². The molecule has 2 aliphatic heterocycles. The van der Waals surface area contributed by atoms with Crippen LogP contribution in [-0.2, 0) is 11.3 Å². The van der Waals surface area contributed by atoms with E-state index in [1.165, 1.54) is 18.2 Å². The van der Waals surface area contributed by atoms with E-state index in [2.05, 4.69) is 68.3 Å². The van der Waals surface area contributed by atoms with Crippen LogP contribution in [0, 0.1) is 0 Å². The molecule has 1 aromatic heterocycles. The Kier molecular flexibility index (Phi) is 13.0. The van der Waals surface area contributed by atoms with E-state index in [4.69, 9.17) is 14.2 Å². The molecule has 2 aromatic carbocycles. The second-order valence-corrected chi connectivity index (χ2v) is 11.1. The van der Waals surface area contributed by atoms with Gasteiger partial charge in [-0.15, -0.1) is 24.8 Å². The lowest BCUT2D eigenvalue weighted by Crippen LogP contribution is -2.67. The third-order valence-corrected chi connectivity index (χ3v) is 8.07. The minimum absolute atomic E-state index is 0. The summed E-state index contributed by atoms with van der Waals surface area (Å²) in [5, 5.41) is 9.60. The summed E-state index contributed by atoms with van der Waals surface area (Å²) in [6.45, 7) is 7.31. The summed E-state index contributed by atoms with van der Waals surface area (Å²) >= 11 is 0. The molecule has 2 saturated heterocycles. The lowest BCUT2D eigenvalue weighted by atomic mass is 9.81. The van der Waals surface area contributed by atoms with Crippen molar-refractivity contribution in [1.29, 1.82) is 0 Å². The first-order valence-electron chi connectivity index (χ1n) is 14.5. The molecule has 0 aliphatic carbocycles. The molecule has 2 fully saturated rings. The van der Waals surface area contributed by atoms with Gasteiger partial charge in [-0.05, 0) is 25.0 Å². The van der Waals surface area contributed by atoms with Crippen LogP contribution < -0.4 is 14.2 Å². The van der Waals surface area contributed by atoms with Crippen LogP contribution in [0.15, 0.2) is 60.7 Å². The summed E-state index contributed by atoms with van der Waals surface area (Å²) < 4.78 is 17.2. The van der Waals surface area contributed by atoms with Crippen molar-refractivity contribution in [2.45, 2.75) is 44.5 Å². The molecular formula is C32H43Cl2N5O5. The fourth-order valence-electron chi connectivity index (χ4n) is 6.29. The number of nitrogens with zero attached hydrogens (tertiary/aromatic N) is 5. The van der Waals surface area contributed by atoms with E-state index in [0.717, 1.165) is 25.2 Å². The summed E-state index contributed by atoms with van der Waals surface area (Å²) in [5.41, 5.74) is 3.25. The maximum atomic E-state index is 12.5. The van der Waals surface area contributed by atoms with Crippen molar-refractivity contribution in [3.05, 3.63) is 77.4 Å². The summed E-state index contributed by atoms with van der Waals surface area (Å²) in [6.07, 6.45) is -0.102. The van der Waals surface area contributed by atoms with Gasteiger partial charge in [-0.1, -0.05) is 60.7 Å². The zero-order valence-electron chi connectivity index (χ0n) is 25.7. The predicted octanol–water partition coefficient (Wildman–Crippen LogP) is 3.65. The van der Waals surface area contributed by atoms with E-state index in [0.29, 0.717) is 31.4 Å². The Balaban J connectivity index is 0.00000264. The molecule has 0 unspecified atom stereocenters. The summed E-state index contributed by atoms with van der Waals surface area (Å²) in [4.78, 5) is 28.3. The Morgan fingerprint density at radius 1 is 0.886 bits per heavy atom. The first-order chi connectivity index (χ1) is 20.4. The average Bonchev–Trinajstić information content (AvgIpc) is 3.02. The van der Waals surface area contributed by atoms with Gasteiger partial charge in [0.2, 0.25) is 17.7 Å². The topological polar surface area (TPSA) is 100 Å². The van der Waals surface area contributed by atoms with Gasteiger partial charge in [-0.3, -0.25) is 14.6 Å². The van der Waals surface area contributed by atoms with Gasteiger partial charge in [0.25, 0.3) is 0 Å². The normalized spacial score (nSPS) is 18.7. The second-order valence-electron chi connectivity index (χ2n) is 11.1. The van der Waals surface area contributed by atoms with Crippen molar-refractivity contribution in [3.63, 3.8) is 0 Å². The Morgan fingerprint density at radius 2 is 1.50 bits per heavy atom. The second kappa shape index (κ2) is 16.2. The lowest BCUT2D eigenvalue weighted by Gasteiger charge is -2.53. The molecule has 1 N–H and O–H groups in total. The number of carbonyl (C=O) groups excluding carboxylic acids is 1. The molecule has 2 aliphatic rings. The number of benzene rings is 2. The first kappa shape index (κ1) is 35.3. The van der Waals surface area contributed by atoms with Crippen LogP contribution >= 0.6 is 24.8 Å². The van der Waals surface area contributed by atoms with Crippen molar-refractivity contribution in [1.82, 2.24) is 24.7 Å². The zero-order chi connectivity index (χ0) is 29.6. The molecule has 5 rings (SSSR count). The molecule has 12 heteroatoms. The fraction of sp³-hybridized carbons (Fsp3) is 0.469. The number of piperazine rings is 2. The third-order valence-electron chi connectivity index (χ3n) is 8.07. The first-order valence-corrected chi connectivity index (χ1v) is 14.5. The van der Waals surface area contributed by atoms with Crippen LogP contribution in [0.3, 0.4) is 0 Å². The number of amides is 1. The van der Waals surface area contributed by atoms with Gasteiger partial charge >= 0.3 is 6.01 Å². The third kappa shape index (κ3) is 7.92. The van der Waals surface area contributed by atoms with Crippen molar-refractivity contribution in [2.75, 3.05) is 53.6 Å². The Bertz CT molecular complexity index is 1300. The van der Waals surface area contributed by atoms with Crippen LogP contribution in [0.4, 0.5) is 0 Å². The van der Waals surface area contributed by atoms with E-state index < -0.39 is 6.61 Å². The van der Waals surface area contributed by atoms with Crippen molar-refractivity contribution in [2.24, 2.45) is 0 Å². The SMILES string of the molecule is COc1nc(OC)c(CN2C[C@@H]3CN(C(=O)CO)CCN3[C@H](C(c3ccccc3)c3ccccc3)C2)c(OC(C)C)n1.Cl.Cl. The molecule has 0 bridgehead atoms. The zero-order valence-corrected chi connectivity index (χ0v) is 27.3. The number of aliphatic hydroxyl groups excluding tert-OH is 1. The smallest absolute Gasteiger partial charge is 0.322 e. The van der Waals surface area contributed by atoms with Gasteiger partial charge in [0.15, 0.2) is 0 Å². The summed E-state index contributed by atoms with van der Waals surface area (Å²) in [7, 11) is 3.11. The molecule has 3 heterocycles.